The third-order valence-corrected chi connectivity index (χ3v) is 10.7. The first kappa shape index (κ1) is 27.4. The number of aliphatic hydroxyl groups is 2. The van der Waals surface area contributed by atoms with E-state index in [9.17, 15) is 19.8 Å². The Kier molecular flexibility index (Phi) is 8.70. The summed E-state index contributed by atoms with van der Waals surface area (Å²) in [7, 11) is 0. The fraction of sp³-hybridized carbons (Fsp3) is 0.923. The second-order valence-corrected chi connectivity index (χ2v) is 12.1. The van der Waals surface area contributed by atoms with E-state index in [-0.39, 0.29) is 65.0 Å². The molecule has 0 aromatic heterocycles. The zero-order valence-electron chi connectivity index (χ0n) is 21.1. The van der Waals surface area contributed by atoms with E-state index in [0.29, 0.717) is 41.9 Å². The Morgan fingerprint density at radius 3 is 2.36 bits per heavy atom. The number of fused-ring (bicyclic) bond motifs is 5. The van der Waals surface area contributed by atoms with Crippen LogP contribution in [0, 0.1) is 46.3 Å². The molecule has 0 spiro atoms. The molecule has 6 nitrogen and oxygen atoms in total. The average Bonchev–Trinajstić information content (AvgIpc) is 3.09. The van der Waals surface area contributed by atoms with Crippen LogP contribution in [0.5, 0.6) is 0 Å². The standard InChI is InChI=1S/C26H43NO5.Na/c1-15(4-7-22(30)27-14-23(31)32)18-5-6-19-24-20(9-11-26(18,19)3)25(2)10-8-17(28)12-16(25)13-21(24)29;/h15-21,24,28-29H,4-14H2,1-3H3,(H,27,30)(H,31,32);/t15-,16+,17-,18-,19+,20+,21+,24+,25+,26-;/m1./s1. The molecule has 0 saturated heterocycles. The fourth-order valence-electron chi connectivity index (χ4n) is 9.00. The average molecular weight is 473 g/mol. The molecule has 4 aliphatic rings. The molecular formula is C26H43NNaO5. The summed E-state index contributed by atoms with van der Waals surface area (Å²) in [6.45, 7) is 6.83. The molecule has 4 fully saturated rings. The summed E-state index contributed by atoms with van der Waals surface area (Å²) in [5.41, 5.74) is 0.451. The number of amides is 1. The molecule has 0 heterocycles. The summed E-state index contributed by atoms with van der Waals surface area (Å²) >= 11 is 0. The van der Waals surface area contributed by atoms with Crippen molar-refractivity contribution in [3.05, 3.63) is 0 Å². The molecule has 4 rings (SSSR count). The number of rotatable bonds is 6. The van der Waals surface area contributed by atoms with Crippen LogP contribution in [-0.2, 0) is 9.59 Å². The molecular weight excluding hydrogens is 429 g/mol. The maximum atomic E-state index is 12.0. The number of hydrogen-bond acceptors (Lipinski definition) is 4. The molecule has 10 atom stereocenters. The topological polar surface area (TPSA) is 107 Å². The number of carboxylic acid groups (broad SMARTS) is 1. The van der Waals surface area contributed by atoms with Crippen molar-refractivity contribution in [3.63, 3.8) is 0 Å². The van der Waals surface area contributed by atoms with E-state index in [2.05, 4.69) is 26.1 Å². The minimum atomic E-state index is -1.01. The van der Waals surface area contributed by atoms with E-state index in [0.717, 1.165) is 44.9 Å². The van der Waals surface area contributed by atoms with Crippen molar-refractivity contribution in [2.75, 3.05) is 6.54 Å². The Labute approximate surface area is 221 Å². The molecule has 1 radical (unpaired) electrons. The third kappa shape index (κ3) is 5.07. The first-order valence-electron chi connectivity index (χ1n) is 12.9. The van der Waals surface area contributed by atoms with Crippen molar-refractivity contribution in [1.29, 1.82) is 0 Å². The van der Waals surface area contributed by atoms with Crippen LogP contribution in [0.3, 0.4) is 0 Å². The van der Waals surface area contributed by atoms with Gasteiger partial charge in [-0.3, -0.25) is 9.59 Å². The number of aliphatic hydroxyl groups excluding tert-OH is 2. The summed E-state index contributed by atoms with van der Waals surface area (Å²) < 4.78 is 0. The Morgan fingerprint density at radius 2 is 1.67 bits per heavy atom. The Hall–Kier alpha value is -0.140. The van der Waals surface area contributed by atoms with Gasteiger partial charge in [-0.2, -0.15) is 0 Å². The maximum Gasteiger partial charge on any atom is 0.322 e. The van der Waals surface area contributed by atoms with Gasteiger partial charge < -0.3 is 20.6 Å². The summed E-state index contributed by atoms with van der Waals surface area (Å²) in [6, 6.07) is 0. The predicted octanol–water partition coefficient (Wildman–Crippen LogP) is 3.21. The largest absolute Gasteiger partial charge is 0.480 e. The van der Waals surface area contributed by atoms with Crippen LogP contribution in [-0.4, -0.2) is 75.5 Å². The monoisotopic (exact) mass is 472 g/mol. The molecule has 0 aliphatic heterocycles. The van der Waals surface area contributed by atoms with E-state index in [4.69, 9.17) is 5.11 Å². The van der Waals surface area contributed by atoms with Crippen LogP contribution < -0.4 is 5.32 Å². The Balaban J connectivity index is 0.00000306. The normalized spacial score (nSPS) is 45.1. The minimum absolute atomic E-state index is 0. The smallest absolute Gasteiger partial charge is 0.322 e. The molecule has 4 saturated carbocycles. The van der Waals surface area contributed by atoms with E-state index < -0.39 is 5.97 Å². The molecule has 0 bridgehead atoms. The maximum absolute atomic E-state index is 12.0. The van der Waals surface area contributed by atoms with Gasteiger partial charge in [0.05, 0.1) is 12.2 Å². The summed E-state index contributed by atoms with van der Waals surface area (Å²) in [5.74, 6) is 1.66. The van der Waals surface area contributed by atoms with Crippen LogP contribution in [0.15, 0.2) is 0 Å². The molecule has 4 N–H and O–H groups in total. The SMILES string of the molecule is C[C@H](CCC(=O)NCC(=O)O)[C@H]1CC[C@H]2[C@@H]3[C@@H](O)C[C@@H]4C[C@H](O)CC[C@]4(C)[C@H]3CC[C@]12C.[Na]. The second kappa shape index (κ2) is 10.5. The van der Waals surface area contributed by atoms with Crippen LogP contribution in [0.4, 0.5) is 0 Å². The van der Waals surface area contributed by atoms with E-state index in [1.807, 2.05) is 0 Å². The number of nitrogens with one attached hydrogen (secondary N) is 1. The van der Waals surface area contributed by atoms with Gasteiger partial charge in [-0.05, 0) is 104 Å². The molecule has 4 aliphatic carbocycles. The van der Waals surface area contributed by atoms with Crippen LogP contribution in [0.25, 0.3) is 0 Å². The van der Waals surface area contributed by atoms with Crippen molar-refractivity contribution in [3.8, 4) is 0 Å². The van der Waals surface area contributed by atoms with Crippen molar-refractivity contribution >= 4 is 41.4 Å². The molecule has 183 valence electrons. The van der Waals surface area contributed by atoms with Crippen molar-refractivity contribution < 1.29 is 24.9 Å². The van der Waals surface area contributed by atoms with Gasteiger partial charge in [0.15, 0.2) is 0 Å². The third-order valence-electron chi connectivity index (χ3n) is 10.7. The quantitative estimate of drug-likeness (QED) is 0.444. The van der Waals surface area contributed by atoms with Crippen molar-refractivity contribution in [2.45, 2.75) is 97.2 Å². The van der Waals surface area contributed by atoms with E-state index >= 15 is 0 Å². The van der Waals surface area contributed by atoms with Gasteiger partial charge in [-0.25, -0.2) is 0 Å². The molecule has 0 aromatic rings. The number of carbonyl (C=O) groups is 2. The first-order valence-corrected chi connectivity index (χ1v) is 12.9. The van der Waals surface area contributed by atoms with Crippen LogP contribution >= 0.6 is 0 Å². The summed E-state index contributed by atoms with van der Waals surface area (Å²) in [5, 5.41) is 32.8. The second-order valence-electron chi connectivity index (χ2n) is 12.1. The van der Waals surface area contributed by atoms with Crippen LogP contribution in [0.2, 0.25) is 0 Å². The van der Waals surface area contributed by atoms with Gasteiger partial charge in [-0.15, -0.1) is 0 Å². The molecule has 0 aromatic carbocycles. The Morgan fingerprint density at radius 1 is 1.00 bits per heavy atom. The van der Waals surface area contributed by atoms with E-state index in [1.165, 1.54) is 12.8 Å². The molecule has 1 amide bonds. The number of carboxylic acids is 1. The predicted molar refractivity (Wildman–Crippen MR) is 127 cm³/mol. The van der Waals surface area contributed by atoms with Gasteiger partial charge in [0.2, 0.25) is 5.91 Å². The molecule has 7 heteroatoms. The molecule has 33 heavy (non-hydrogen) atoms. The van der Waals surface area contributed by atoms with E-state index in [1.54, 1.807) is 0 Å². The van der Waals surface area contributed by atoms with Gasteiger partial charge in [0.25, 0.3) is 0 Å². The number of hydrogen-bond donors (Lipinski definition) is 4. The number of aliphatic carboxylic acids is 1. The summed E-state index contributed by atoms with van der Waals surface area (Å²) in [6.07, 6.45) is 9.06. The zero-order valence-corrected chi connectivity index (χ0v) is 23.1. The first-order chi connectivity index (χ1) is 15.1. The van der Waals surface area contributed by atoms with Crippen molar-refractivity contribution in [2.24, 2.45) is 46.3 Å². The summed E-state index contributed by atoms with van der Waals surface area (Å²) in [4.78, 5) is 22.7. The van der Waals surface area contributed by atoms with Gasteiger partial charge in [0, 0.05) is 36.0 Å². The van der Waals surface area contributed by atoms with Gasteiger partial charge in [0.1, 0.15) is 6.54 Å². The zero-order chi connectivity index (χ0) is 23.3. The molecule has 0 unspecified atom stereocenters. The van der Waals surface area contributed by atoms with Crippen molar-refractivity contribution in [1.82, 2.24) is 5.32 Å². The van der Waals surface area contributed by atoms with Crippen LogP contribution in [0.1, 0.15) is 85.0 Å². The van der Waals surface area contributed by atoms with Gasteiger partial charge >= 0.3 is 5.97 Å². The minimum Gasteiger partial charge on any atom is -0.480 e. The number of carbonyl (C=O) groups excluding carboxylic acids is 1. The Bertz CT molecular complexity index is 733. The fourth-order valence-corrected chi connectivity index (χ4v) is 9.00. The van der Waals surface area contributed by atoms with Gasteiger partial charge in [-0.1, -0.05) is 20.8 Å².